The number of hydrogen-bond acceptors (Lipinski definition) is 2. The van der Waals surface area contributed by atoms with Crippen LogP contribution in [-0.2, 0) is 0 Å². The highest BCUT2D eigenvalue weighted by molar-refractivity contribution is 9.10. The van der Waals surface area contributed by atoms with Gasteiger partial charge in [-0.15, -0.1) is 0 Å². The average Bonchev–Trinajstić information content (AvgIpc) is 2.87. The van der Waals surface area contributed by atoms with Crippen molar-refractivity contribution < 1.29 is 0 Å². The minimum absolute atomic E-state index is 0.200. The monoisotopic (exact) mass is 344 g/mol. The molecule has 1 aliphatic rings. The molecule has 1 aromatic carbocycles. The van der Waals surface area contributed by atoms with Gasteiger partial charge < -0.3 is 5.73 Å². The molecule has 19 heavy (non-hydrogen) atoms. The molecule has 0 aromatic heterocycles. The fraction of sp³-hybridized carbons (Fsp3) is 0.600. The summed E-state index contributed by atoms with van der Waals surface area (Å²) in [7, 11) is 2.16. The van der Waals surface area contributed by atoms with Crippen LogP contribution < -0.4 is 5.73 Å². The smallest absolute Gasteiger partial charge is 0.0482 e. The maximum atomic E-state index is 6.33. The third-order valence-corrected chi connectivity index (χ3v) is 4.93. The highest BCUT2D eigenvalue weighted by Crippen LogP contribution is 2.32. The number of benzene rings is 1. The summed E-state index contributed by atoms with van der Waals surface area (Å²) in [6.45, 7) is 1.71. The van der Waals surface area contributed by atoms with Gasteiger partial charge in [0.15, 0.2) is 0 Å². The van der Waals surface area contributed by atoms with Crippen molar-refractivity contribution in [3.8, 4) is 0 Å². The minimum atomic E-state index is 0.200. The van der Waals surface area contributed by atoms with Crippen molar-refractivity contribution in [2.24, 2.45) is 11.7 Å². The number of nitrogens with zero attached hydrogens (tertiary/aromatic N) is 1. The van der Waals surface area contributed by atoms with Crippen LogP contribution in [0.5, 0.6) is 0 Å². The lowest BCUT2D eigenvalue weighted by Gasteiger charge is -2.30. The maximum Gasteiger partial charge on any atom is 0.0482 e. The molecule has 2 rings (SSSR count). The summed E-state index contributed by atoms with van der Waals surface area (Å²) in [5, 5.41) is 0.803. The Kier molecular flexibility index (Phi) is 5.70. The zero-order chi connectivity index (χ0) is 13.8. The fourth-order valence-corrected chi connectivity index (χ4v) is 3.66. The van der Waals surface area contributed by atoms with Crippen molar-refractivity contribution >= 4 is 27.5 Å². The average molecular weight is 346 g/mol. The molecule has 2 nitrogen and oxygen atoms in total. The van der Waals surface area contributed by atoms with E-state index in [0.29, 0.717) is 6.54 Å². The van der Waals surface area contributed by atoms with Crippen LogP contribution in [0.15, 0.2) is 22.7 Å². The molecule has 0 bridgehead atoms. The summed E-state index contributed by atoms with van der Waals surface area (Å²) in [5.41, 5.74) is 7.11. The van der Waals surface area contributed by atoms with Gasteiger partial charge in [-0.1, -0.05) is 40.4 Å². The van der Waals surface area contributed by atoms with Gasteiger partial charge in [0.2, 0.25) is 0 Å². The molecule has 1 saturated carbocycles. The van der Waals surface area contributed by atoms with Crippen molar-refractivity contribution in [1.82, 2.24) is 4.90 Å². The first kappa shape index (κ1) is 15.3. The minimum Gasteiger partial charge on any atom is -0.329 e. The Labute approximate surface area is 129 Å². The molecular formula is C15H22BrClN2. The van der Waals surface area contributed by atoms with E-state index in [1.807, 2.05) is 12.1 Å². The standard InChI is InChI=1S/C15H22BrClN2/c1-19(10-11-4-2-3-5-11)15(9-18)13-8-12(16)6-7-14(13)17/h6-8,11,15H,2-5,9-10,18H2,1H3. The summed E-state index contributed by atoms with van der Waals surface area (Å²) < 4.78 is 1.06. The van der Waals surface area contributed by atoms with Crippen LogP contribution in [0.25, 0.3) is 0 Å². The van der Waals surface area contributed by atoms with E-state index in [1.54, 1.807) is 0 Å². The van der Waals surface area contributed by atoms with Gasteiger partial charge in [0, 0.05) is 28.6 Å². The lowest BCUT2D eigenvalue weighted by atomic mass is 10.0. The molecule has 1 fully saturated rings. The van der Waals surface area contributed by atoms with Gasteiger partial charge in [-0.2, -0.15) is 0 Å². The first-order chi connectivity index (χ1) is 9.11. The van der Waals surface area contributed by atoms with Crippen molar-refractivity contribution in [2.45, 2.75) is 31.7 Å². The Morgan fingerprint density at radius 1 is 1.42 bits per heavy atom. The lowest BCUT2D eigenvalue weighted by molar-refractivity contribution is 0.212. The van der Waals surface area contributed by atoms with Crippen LogP contribution in [0.1, 0.15) is 37.3 Å². The molecular weight excluding hydrogens is 324 g/mol. The highest BCUT2D eigenvalue weighted by Gasteiger charge is 2.23. The van der Waals surface area contributed by atoms with E-state index < -0.39 is 0 Å². The molecule has 1 aromatic rings. The zero-order valence-corrected chi connectivity index (χ0v) is 13.8. The molecule has 0 saturated heterocycles. The predicted octanol–water partition coefficient (Wildman–Crippen LogP) is 4.22. The number of hydrogen-bond donors (Lipinski definition) is 1. The lowest BCUT2D eigenvalue weighted by Crippen LogP contribution is -2.34. The topological polar surface area (TPSA) is 29.3 Å². The SMILES string of the molecule is CN(CC1CCCC1)C(CN)c1cc(Br)ccc1Cl. The van der Waals surface area contributed by atoms with Gasteiger partial charge in [0.25, 0.3) is 0 Å². The number of halogens is 2. The molecule has 1 aliphatic carbocycles. The Bertz CT molecular complexity index is 419. The first-order valence-electron chi connectivity index (χ1n) is 6.97. The summed E-state index contributed by atoms with van der Waals surface area (Å²) in [6.07, 6.45) is 5.47. The van der Waals surface area contributed by atoms with E-state index in [9.17, 15) is 0 Å². The van der Waals surface area contributed by atoms with Crippen molar-refractivity contribution in [3.63, 3.8) is 0 Å². The third-order valence-electron chi connectivity index (χ3n) is 4.09. The highest BCUT2D eigenvalue weighted by atomic mass is 79.9. The predicted molar refractivity (Wildman–Crippen MR) is 85.5 cm³/mol. The number of rotatable bonds is 5. The summed E-state index contributed by atoms with van der Waals surface area (Å²) in [5.74, 6) is 0.824. The molecule has 2 N–H and O–H groups in total. The van der Waals surface area contributed by atoms with Gasteiger partial charge in [-0.25, -0.2) is 0 Å². The molecule has 1 unspecified atom stereocenters. The second-order valence-electron chi connectivity index (χ2n) is 5.51. The van der Waals surface area contributed by atoms with Crippen molar-refractivity contribution in [3.05, 3.63) is 33.3 Å². The Morgan fingerprint density at radius 2 is 2.11 bits per heavy atom. The largest absolute Gasteiger partial charge is 0.329 e. The van der Waals surface area contributed by atoms with Gasteiger partial charge in [-0.05, 0) is 49.6 Å². The second kappa shape index (κ2) is 7.07. The summed E-state index contributed by atoms with van der Waals surface area (Å²) in [6, 6.07) is 6.19. The maximum absolute atomic E-state index is 6.33. The van der Waals surface area contributed by atoms with E-state index in [-0.39, 0.29) is 6.04 Å². The third kappa shape index (κ3) is 3.94. The molecule has 4 heteroatoms. The molecule has 1 atom stereocenters. The molecule has 0 heterocycles. The fourth-order valence-electron chi connectivity index (χ4n) is 3.04. The Balaban J connectivity index is 2.11. The molecule has 0 aliphatic heterocycles. The van der Waals surface area contributed by atoms with Crippen molar-refractivity contribution in [1.29, 1.82) is 0 Å². The van der Waals surface area contributed by atoms with E-state index in [2.05, 4.69) is 33.9 Å². The van der Waals surface area contributed by atoms with Crippen LogP contribution in [0, 0.1) is 5.92 Å². The van der Waals surface area contributed by atoms with Crippen LogP contribution >= 0.6 is 27.5 Å². The van der Waals surface area contributed by atoms with E-state index >= 15 is 0 Å². The van der Waals surface area contributed by atoms with Crippen LogP contribution in [0.2, 0.25) is 5.02 Å². The molecule has 0 amide bonds. The van der Waals surface area contributed by atoms with E-state index in [0.717, 1.165) is 27.5 Å². The van der Waals surface area contributed by atoms with E-state index in [4.69, 9.17) is 17.3 Å². The van der Waals surface area contributed by atoms with Crippen LogP contribution in [0.3, 0.4) is 0 Å². The molecule has 0 radical (unpaired) electrons. The Morgan fingerprint density at radius 3 is 2.74 bits per heavy atom. The zero-order valence-electron chi connectivity index (χ0n) is 11.4. The molecule has 0 spiro atoms. The van der Waals surface area contributed by atoms with Gasteiger partial charge in [-0.3, -0.25) is 4.90 Å². The Hall–Kier alpha value is -0.0900. The van der Waals surface area contributed by atoms with Crippen LogP contribution in [0.4, 0.5) is 0 Å². The first-order valence-corrected chi connectivity index (χ1v) is 8.14. The summed E-state index contributed by atoms with van der Waals surface area (Å²) in [4.78, 5) is 2.36. The van der Waals surface area contributed by atoms with Gasteiger partial charge >= 0.3 is 0 Å². The number of likely N-dealkylation sites (N-methyl/N-ethyl adjacent to an activating group) is 1. The second-order valence-corrected chi connectivity index (χ2v) is 6.83. The molecule has 106 valence electrons. The van der Waals surface area contributed by atoms with Gasteiger partial charge in [0.1, 0.15) is 0 Å². The van der Waals surface area contributed by atoms with Crippen molar-refractivity contribution in [2.75, 3.05) is 20.1 Å². The van der Waals surface area contributed by atoms with Crippen LogP contribution in [-0.4, -0.2) is 25.0 Å². The quantitative estimate of drug-likeness (QED) is 0.865. The van der Waals surface area contributed by atoms with Gasteiger partial charge in [0.05, 0.1) is 0 Å². The normalized spacial score (nSPS) is 18.2. The van der Waals surface area contributed by atoms with E-state index in [1.165, 1.54) is 25.7 Å². The number of nitrogens with two attached hydrogens (primary N) is 1. The summed E-state index contributed by atoms with van der Waals surface area (Å²) >= 11 is 9.84.